The maximum Gasteiger partial charge on any atom is 0.165 e. The van der Waals surface area contributed by atoms with E-state index in [1.165, 1.54) is 12.1 Å². The average Bonchev–Trinajstić information content (AvgIpc) is 3.48. The van der Waals surface area contributed by atoms with Crippen LogP contribution in [0.15, 0.2) is 42.5 Å². The summed E-state index contributed by atoms with van der Waals surface area (Å²) in [5, 5.41) is 5.53. The first-order chi connectivity index (χ1) is 16.5. The maximum atomic E-state index is 13.5. The van der Waals surface area contributed by atoms with Crippen molar-refractivity contribution in [3.8, 4) is 16.9 Å². The van der Waals surface area contributed by atoms with E-state index in [1.54, 1.807) is 7.11 Å². The van der Waals surface area contributed by atoms with Gasteiger partial charge in [-0.25, -0.2) is 9.37 Å². The smallest absolute Gasteiger partial charge is 0.165 e. The molecule has 0 radical (unpaired) electrons. The number of aromatic nitrogens is 3. The predicted molar refractivity (Wildman–Crippen MR) is 136 cm³/mol. The summed E-state index contributed by atoms with van der Waals surface area (Å²) in [5.41, 5.74) is 6.42. The van der Waals surface area contributed by atoms with Gasteiger partial charge in [-0.1, -0.05) is 23.7 Å². The first kappa shape index (κ1) is 23.9. The molecule has 2 aromatic heterocycles. The van der Waals surface area contributed by atoms with E-state index in [-0.39, 0.29) is 18.2 Å². The largest absolute Gasteiger partial charge is 0.497 e. The standard InChI is InChI=1S/C26H24ClFN4O2.ClH/c1-15-24(20-10-9-19(33-2)11-22(20)27)25-29-23-14-34-13-21(23)26(32(25)30-15)31(18-7-8-18)12-16-3-5-17(28)6-4-16;/h3-6,9-11,18H,7-8,12-14H2,1-2H3;1H. The van der Waals surface area contributed by atoms with E-state index in [0.29, 0.717) is 36.6 Å². The van der Waals surface area contributed by atoms with Crippen LogP contribution in [0.3, 0.4) is 0 Å². The molecule has 182 valence electrons. The van der Waals surface area contributed by atoms with Gasteiger partial charge >= 0.3 is 0 Å². The van der Waals surface area contributed by atoms with E-state index >= 15 is 0 Å². The molecule has 35 heavy (non-hydrogen) atoms. The van der Waals surface area contributed by atoms with Gasteiger partial charge in [0.05, 0.1) is 42.3 Å². The zero-order valence-corrected chi connectivity index (χ0v) is 21.0. The van der Waals surface area contributed by atoms with Crippen LogP contribution in [-0.4, -0.2) is 27.7 Å². The highest BCUT2D eigenvalue weighted by Crippen LogP contribution is 2.41. The molecule has 0 amide bonds. The fourth-order valence-electron chi connectivity index (χ4n) is 4.72. The molecule has 1 fully saturated rings. The average molecular weight is 515 g/mol. The summed E-state index contributed by atoms with van der Waals surface area (Å²) in [7, 11) is 1.62. The van der Waals surface area contributed by atoms with Crippen LogP contribution in [0.1, 0.15) is 35.4 Å². The molecule has 9 heteroatoms. The highest BCUT2D eigenvalue weighted by atomic mass is 35.5. The van der Waals surface area contributed by atoms with Gasteiger partial charge in [0.2, 0.25) is 0 Å². The van der Waals surface area contributed by atoms with Crippen molar-refractivity contribution in [3.05, 3.63) is 75.8 Å². The van der Waals surface area contributed by atoms with Crippen molar-refractivity contribution in [1.29, 1.82) is 0 Å². The number of rotatable bonds is 6. The molecule has 0 spiro atoms. The van der Waals surface area contributed by atoms with E-state index in [2.05, 4.69) is 4.90 Å². The van der Waals surface area contributed by atoms with Crippen LogP contribution >= 0.6 is 24.0 Å². The molecule has 2 aromatic carbocycles. The van der Waals surface area contributed by atoms with Gasteiger partial charge in [-0.3, -0.25) is 0 Å². The third kappa shape index (κ3) is 4.22. The zero-order chi connectivity index (χ0) is 23.4. The van der Waals surface area contributed by atoms with Gasteiger partial charge in [-0.2, -0.15) is 9.61 Å². The normalized spacial score (nSPS) is 14.6. The van der Waals surface area contributed by atoms with Gasteiger partial charge in [0.15, 0.2) is 5.65 Å². The number of hydrogen-bond donors (Lipinski definition) is 0. The van der Waals surface area contributed by atoms with Crippen LogP contribution in [-0.2, 0) is 24.5 Å². The Kier molecular flexibility index (Phi) is 6.34. The number of halogens is 3. The van der Waals surface area contributed by atoms with Crippen LogP contribution in [0.4, 0.5) is 10.2 Å². The Labute approximate surface area is 214 Å². The van der Waals surface area contributed by atoms with Crippen molar-refractivity contribution in [2.24, 2.45) is 0 Å². The van der Waals surface area contributed by atoms with Crippen molar-refractivity contribution >= 4 is 35.5 Å². The Hall–Kier alpha value is -2.87. The van der Waals surface area contributed by atoms with E-state index in [1.807, 2.05) is 41.8 Å². The second kappa shape index (κ2) is 9.30. The molecule has 1 saturated carbocycles. The zero-order valence-electron chi connectivity index (χ0n) is 19.4. The molecular formula is C26H25Cl2FN4O2. The first-order valence-electron chi connectivity index (χ1n) is 11.4. The summed E-state index contributed by atoms with van der Waals surface area (Å²) < 4.78 is 26.6. The topological polar surface area (TPSA) is 51.9 Å². The molecule has 1 aliphatic carbocycles. The number of benzene rings is 2. The maximum absolute atomic E-state index is 13.5. The van der Waals surface area contributed by atoms with Crippen LogP contribution < -0.4 is 9.64 Å². The lowest BCUT2D eigenvalue weighted by atomic mass is 10.1. The molecule has 0 bridgehead atoms. The number of hydrogen-bond acceptors (Lipinski definition) is 5. The summed E-state index contributed by atoms with van der Waals surface area (Å²) in [6.45, 7) is 3.61. The molecule has 0 unspecified atom stereocenters. The molecular weight excluding hydrogens is 490 g/mol. The molecule has 6 rings (SSSR count). The summed E-state index contributed by atoms with van der Waals surface area (Å²) in [5.74, 6) is 1.47. The molecule has 0 N–H and O–H groups in total. The minimum atomic E-state index is -0.231. The van der Waals surface area contributed by atoms with E-state index < -0.39 is 0 Å². The Balaban J connectivity index is 0.00000253. The number of aryl methyl sites for hydroxylation is 1. The number of methoxy groups -OCH3 is 1. The highest BCUT2D eigenvalue weighted by Gasteiger charge is 2.35. The fourth-order valence-corrected chi connectivity index (χ4v) is 4.99. The van der Waals surface area contributed by atoms with Gasteiger partial charge in [0.25, 0.3) is 0 Å². The predicted octanol–water partition coefficient (Wildman–Crippen LogP) is 6.13. The van der Waals surface area contributed by atoms with Gasteiger partial charge < -0.3 is 14.4 Å². The SMILES string of the molecule is COc1ccc(-c2c(C)nn3c(N(Cc4ccc(F)cc4)C4CC4)c4c(nc23)COC4)c(Cl)c1.Cl. The molecule has 6 nitrogen and oxygen atoms in total. The second-order valence-corrected chi connectivity index (χ2v) is 9.29. The monoisotopic (exact) mass is 514 g/mol. The van der Waals surface area contributed by atoms with Crippen molar-refractivity contribution < 1.29 is 13.9 Å². The van der Waals surface area contributed by atoms with E-state index in [4.69, 9.17) is 31.2 Å². The van der Waals surface area contributed by atoms with Crippen LogP contribution in [0, 0.1) is 12.7 Å². The Morgan fingerprint density at radius 3 is 2.63 bits per heavy atom. The third-order valence-electron chi connectivity index (χ3n) is 6.55. The summed E-state index contributed by atoms with van der Waals surface area (Å²) in [4.78, 5) is 7.36. The highest BCUT2D eigenvalue weighted by molar-refractivity contribution is 6.33. The molecule has 3 heterocycles. The minimum absolute atomic E-state index is 0. The quantitative estimate of drug-likeness (QED) is 0.310. The first-order valence-corrected chi connectivity index (χ1v) is 11.7. The number of fused-ring (bicyclic) bond motifs is 2. The Bertz CT molecular complexity index is 1400. The van der Waals surface area contributed by atoms with Gasteiger partial charge in [-0.05, 0) is 55.7 Å². The third-order valence-corrected chi connectivity index (χ3v) is 6.87. The van der Waals surface area contributed by atoms with Crippen LogP contribution in [0.5, 0.6) is 5.75 Å². The number of ether oxygens (including phenoxy) is 2. The molecule has 1 aliphatic heterocycles. The molecule has 2 aliphatic rings. The summed E-state index contributed by atoms with van der Waals surface area (Å²) >= 11 is 6.66. The lowest BCUT2D eigenvalue weighted by Gasteiger charge is -2.27. The molecule has 0 atom stereocenters. The lowest BCUT2D eigenvalue weighted by Crippen LogP contribution is -2.29. The van der Waals surface area contributed by atoms with Gasteiger partial charge in [0, 0.05) is 23.7 Å². The van der Waals surface area contributed by atoms with Crippen molar-refractivity contribution in [1.82, 2.24) is 14.6 Å². The second-order valence-electron chi connectivity index (χ2n) is 8.88. The lowest BCUT2D eigenvalue weighted by molar-refractivity contribution is 0.133. The fraction of sp³-hybridized carbons (Fsp3) is 0.308. The summed E-state index contributed by atoms with van der Waals surface area (Å²) in [6, 6.07) is 12.8. The van der Waals surface area contributed by atoms with Crippen molar-refractivity contribution in [2.45, 2.75) is 45.6 Å². The van der Waals surface area contributed by atoms with Crippen molar-refractivity contribution in [2.75, 3.05) is 12.0 Å². The molecule has 4 aromatic rings. The number of anilines is 1. The van der Waals surface area contributed by atoms with Crippen LogP contribution in [0.2, 0.25) is 5.02 Å². The number of nitrogens with zero attached hydrogens (tertiary/aromatic N) is 4. The van der Waals surface area contributed by atoms with Crippen LogP contribution in [0.25, 0.3) is 16.8 Å². The van der Waals surface area contributed by atoms with Gasteiger partial charge in [0.1, 0.15) is 17.4 Å². The van der Waals surface area contributed by atoms with E-state index in [0.717, 1.165) is 57.9 Å². The van der Waals surface area contributed by atoms with E-state index in [9.17, 15) is 4.39 Å². The summed E-state index contributed by atoms with van der Waals surface area (Å²) in [6.07, 6.45) is 2.22. The molecule has 0 saturated heterocycles. The Morgan fingerprint density at radius 1 is 1.17 bits per heavy atom. The van der Waals surface area contributed by atoms with Crippen molar-refractivity contribution in [3.63, 3.8) is 0 Å². The Morgan fingerprint density at radius 2 is 1.94 bits per heavy atom. The minimum Gasteiger partial charge on any atom is -0.497 e. The van der Waals surface area contributed by atoms with Gasteiger partial charge in [-0.15, -0.1) is 12.4 Å².